The lowest BCUT2D eigenvalue weighted by Gasteiger charge is -2.24. The topological polar surface area (TPSA) is 43.4 Å². The van der Waals surface area contributed by atoms with E-state index in [0.29, 0.717) is 0 Å². The summed E-state index contributed by atoms with van der Waals surface area (Å²) in [5.41, 5.74) is 0. The molecule has 0 amide bonds. The number of carbonyl (C=O) groups excluding carboxylic acids is 2. The second-order valence-electron chi connectivity index (χ2n) is 3.68. The highest BCUT2D eigenvalue weighted by Gasteiger charge is 2.29. The number of rotatable bonds is 3. The third kappa shape index (κ3) is 2.44. The van der Waals surface area contributed by atoms with Crippen LogP contribution in [0.5, 0.6) is 0 Å². The molecule has 1 aliphatic rings. The summed E-state index contributed by atoms with van der Waals surface area (Å²) >= 11 is 0. The van der Waals surface area contributed by atoms with Crippen LogP contribution < -0.4 is 0 Å². The van der Waals surface area contributed by atoms with E-state index in [1.54, 1.807) is 0 Å². The molecule has 14 heavy (non-hydrogen) atoms. The number of ether oxygens (including phenoxy) is 1. The van der Waals surface area contributed by atoms with Crippen molar-refractivity contribution in [2.24, 2.45) is 11.8 Å². The van der Waals surface area contributed by atoms with Crippen LogP contribution in [-0.2, 0) is 14.3 Å². The molecular weight excluding hydrogens is 180 g/mol. The predicted molar refractivity (Wildman–Crippen MR) is 52.7 cm³/mol. The van der Waals surface area contributed by atoms with Gasteiger partial charge in [0.25, 0.3) is 0 Å². The fourth-order valence-electron chi connectivity index (χ4n) is 1.95. The molecule has 0 atom stereocenters. The summed E-state index contributed by atoms with van der Waals surface area (Å²) in [4.78, 5) is 22.5. The lowest BCUT2D eigenvalue weighted by molar-refractivity contribution is -0.147. The van der Waals surface area contributed by atoms with Crippen molar-refractivity contribution in [3.63, 3.8) is 0 Å². The number of allylic oxidation sites excluding steroid dienone is 1. The van der Waals surface area contributed by atoms with Crippen LogP contribution in [0.2, 0.25) is 0 Å². The Hall–Kier alpha value is -1.12. The first-order valence-corrected chi connectivity index (χ1v) is 4.93. The number of hydrogen-bond donors (Lipinski definition) is 0. The molecule has 0 bridgehead atoms. The van der Waals surface area contributed by atoms with Gasteiger partial charge in [0.2, 0.25) is 0 Å². The van der Waals surface area contributed by atoms with Crippen molar-refractivity contribution in [1.29, 1.82) is 0 Å². The molecule has 0 aromatic heterocycles. The van der Waals surface area contributed by atoms with Crippen LogP contribution >= 0.6 is 0 Å². The van der Waals surface area contributed by atoms with Gasteiger partial charge in [-0.3, -0.25) is 9.59 Å². The Labute approximate surface area is 84.1 Å². The Morgan fingerprint density at radius 3 is 2.14 bits per heavy atom. The fraction of sp³-hybridized carbons (Fsp3) is 0.636. The highest BCUT2D eigenvalue weighted by atomic mass is 16.5. The minimum absolute atomic E-state index is 0.00568. The molecule has 0 aromatic carbocycles. The van der Waals surface area contributed by atoms with E-state index in [0.717, 1.165) is 25.7 Å². The molecule has 1 fully saturated rings. The minimum Gasteiger partial charge on any atom is -0.469 e. The highest BCUT2D eigenvalue weighted by Crippen LogP contribution is 2.30. The fourth-order valence-corrected chi connectivity index (χ4v) is 1.95. The molecule has 1 saturated carbocycles. The Morgan fingerprint density at radius 2 is 1.71 bits per heavy atom. The van der Waals surface area contributed by atoms with Crippen LogP contribution in [0.4, 0.5) is 0 Å². The molecule has 3 heteroatoms. The Morgan fingerprint density at radius 1 is 1.21 bits per heavy atom. The highest BCUT2D eigenvalue weighted by molar-refractivity contribution is 5.91. The molecule has 0 heterocycles. The van der Waals surface area contributed by atoms with Crippen LogP contribution in [0.15, 0.2) is 12.7 Å². The van der Waals surface area contributed by atoms with Gasteiger partial charge in [0, 0.05) is 5.92 Å². The molecule has 1 aliphatic carbocycles. The smallest absolute Gasteiger partial charge is 0.308 e. The summed E-state index contributed by atoms with van der Waals surface area (Å²) in [7, 11) is 1.41. The number of hydrogen-bond acceptors (Lipinski definition) is 3. The molecule has 0 aliphatic heterocycles. The lowest BCUT2D eigenvalue weighted by Crippen LogP contribution is -2.25. The molecular formula is C11H16O3. The van der Waals surface area contributed by atoms with Crippen LogP contribution in [0.1, 0.15) is 25.7 Å². The van der Waals surface area contributed by atoms with Gasteiger partial charge >= 0.3 is 5.97 Å². The second kappa shape index (κ2) is 4.94. The maximum atomic E-state index is 11.3. The molecule has 0 spiro atoms. The summed E-state index contributed by atoms with van der Waals surface area (Å²) in [6.45, 7) is 3.46. The zero-order valence-corrected chi connectivity index (χ0v) is 8.49. The van der Waals surface area contributed by atoms with Crippen molar-refractivity contribution in [2.45, 2.75) is 25.7 Å². The summed E-state index contributed by atoms with van der Waals surface area (Å²) in [5.74, 6) is 0.0325. The Bertz CT molecular complexity index is 237. The van der Waals surface area contributed by atoms with Crippen molar-refractivity contribution < 1.29 is 14.3 Å². The van der Waals surface area contributed by atoms with Gasteiger partial charge in [-0.25, -0.2) is 0 Å². The van der Waals surface area contributed by atoms with E-state index in [2.05, 4.69) is 11.3 Å². The normalized spacial score (nSPS) is 26.6. The van der Waals surface area contributed by atoms with Crippen molar-refractivity contribution in [1.82, 2.24) is 0 Å². The first kappa shape index (κ1) is 11.0. The van der Waals surface area contributed by atoms with E-state index in [4.69, 9.17) is 0 Å². The van der Waals surface area contributed by atoms with E-state index in [9.17, 15) is 9.59 Å². The summed E-state index contributed by atoms with van der Waals surface area (Å²) in [6.07, 6.45) is 4.46. The van der Waals surface area contributed by atoms with Crippen LogP contribution in [-0.4, -0.2) is 18.9 Å². The zero-order valence-electron chi connectivity index (χ0n) is 8.49. The maximum absolute atomic E-state index is 11.3. The quantitative estimate of drug-likeness (QED) is 0.510. The Kier molecular flexibility index (Phi) is 3.86. The molecule has 1 rings (SSSR count). The predicted octanol–water partition coefficient (Wildman–Crippen LogP) is 1.72. The maximum Gasteiger partial charge on any atom is 0.308 e. The molecule has 0 radical (unpaired) electrons. The van der Waals surface area contributed by atoms with Gasteiger partial charge in [0.15, 0.2) is 5.78 Å². The van der Waals surface area contributed by atoms with Crippen LogP contribution in [0.25, 0.3) is 0 Å². The average Bonchev–Trinajstić information content (AvgIpc) is 2.27. The third-order valence-electron chi connectivity index (χ3n) is 2.87. The second-order valence-corrected chi connectivity index (χ2v) is 3.68. The molecule has 0 aromatic rings. The minimum atomic E-state index is -0.144. The van der Waals surface area contributed by atoms with Gasteiger partial charge in [-0.1, -0.05) is 6.58 Å². The third-order valence-corrected chi connectivity index (χ3v) is 2.87. The van der Waals surface area contributed by atoms with E-state index in [-0.39, 0.29) is 23.6 Å². The molecule has 0 unspecified atom stereocenters. The first-order valence-electron chi connectivity index (χ1n) is 4.93. The average molecular weight is 196 g/mol. The zero-order chi connectivity index (χ0) is 10.6. The van der Waals surface area contributed by atoms with E-state index in [1.165, 1.54) is 13.2 Å². The monoisotopic (exact) mass is 196 g/mol. The van der Waals surface area contributed by atoms with Crippen LogP contribution in [0.3, 0.4) is 0 Å². The Balaban J connectivity index is 2.42. The van der Waals surface area contributed by atoms with Crippen molar-refractivity contribution >= 4 is 11.8 Å². The van der Waals surface area contributed by atoms with E-state index < -0.39 is 0 Å². The van der Waals surface area contributed by atoms with E-state index >= 15 is 0 Å². The largest absolute Gasteiger partial charge is 0.469 e. The standard InChI is InChI=1S/C11H16O3/c1-3-10(12)8-4-6-9(7-5-8)11(13)14-2/h3,8-9H,1,4-7H2,2H3. The van der Waals surface area contributed by atoms with Gasteiger partial charge in [-0.05, 0) is 31.8 Å². The van der Waals surface area contributed by atoms with Gasteiger partial charge in [-0.15, -0.1) is 0 Å². The first-order chi connectivity index (χ1) is 6.69. The SMILES string of the molecule is C=CC(=O)C1CCC(C(=O)OC)CC1. The van der Waals surface area contributed by atoms with Gasteiger partial charge in [-0.2, -0.15) is 0 Å². The molecule has 0 saturated heterocycles. The summed E-state index contributed by atoms with van der Waals surface area (Å²) in [5, 5.41) is 0. The van der Waals surface area contributed by atoms with Gasteiger partial charge in [0.1, 0.15) is 0 Å². The lowest BCUT2D eigenvalue weighted by atomic mass is 9.80. The van der Waals surface area contributed by atoms with Crippen LogP contribution in [0, 0.1) is 11.8 Å². The molecule has 0 N–H and O–H groups in total. The number of carbonyl (C=O) groups is 2. The summed E-state index contributed by atoms with van der Waals surface area (Å²) < 4.78 is 4.67. The molecule has 78 valence electrons. The summed E-state index contributed by atoms with van der Waals surface area (Å²) in [6, 6.07) is 0. The van der Waals surface area contributed by atoms with Crippen molar-refractivity contribution in [3.05, 3.63) is 12.7 Å². The van der Waals surface area contributed by atoms with E-state index in [1.807, 2.05) is 0 Å². The van der Waals surface area contributed by atoms with Crippen molar-refractivity contribution in [2.75, 3.05) is 7.11 Å². The number of ketones is 1. The molecule has 3 nitrogen and oxygen atoms in total. The number of methoxy groups -OCH3 is 1. The number of esters is 1. The van der Waals surface area contributed by atoms with Gasteiger partial charge < -0.3 is 4.74 Å². The van der Waals surface area contributed by atoms with Gasteiger partial charge in [0.05, 0.1) is 13.0 Å². The van der Waals surface area contributed by atoms with Crippen molar-refractivity contribution in [3.8, 4) is 0 Å².